The average Bonchev–Trinajstić information content (AvgIpc) is 2.23. The van der Waals surface area contributed by atoms with Gasteiger partial charge in [-0.3, -0.25) is 4.99 Å². The van der Waals surface area contributed by atoms with Gasteiger partial charge < -0.3 is 11.1 Å². The van der Waals surface area contributed by atoms with Crippen molar-refractivity contribution in [3.63, 3.8) is 0 Å². The van der Waals surface area contributed by atoms with Crippen LogP contribution >= 0.6 is 0 Å². The van der Waals surface area contributed by atoms with Gasteiger partial charge in [0.2, 0.25) is 10.0 Å². The summed E-state index contributed by atoms with van der Waals surface area (Å²) in [7, 11) is -1.50. The van der Waals surface area contributed by atoms with E-state index in [1.165, 1.54) is 4.31 Å². The van der Waals surface area contributed by atoms with E-state index in [0.29, 0.717) is 25.5 Å². The summed E-state index contributed by atoms with van der Waals surface area (Å²) in [6.45, 7) is 6.58. The number of rotatable bonds is 7. The normalized spacial score (nSPS) is 13.4. The number of sulfonamides is 1. The molecule has 0 aromatic carbocycles. The highest BCUT2D eigenvalue weighted by Crippen LogP contribution is 1.98. The van der Waals surface area contributed by atoms with Crippen LogP contribution in [-0.2, 0) is 10.0 Å². The van der Waals surface area contributed by atoms with Crippen LogP contribution in [-0.4, -0.2) is 50.6 Å². The first-order chi connectivity index (χ1) is 7.79. The summed E-state index contributed by atoms with van der Waals surface area (Å²) in [5, 5.41) is 2.97. The Hall–Kier alpha value is -0.820. The highest BCUT2D eigenvalue weighted by Gasteiger charge is 2.13. The molecule has 0 bridgehead atoms. The second kappa shape index (κ2) is 7.50. The molecule has 17 heavy (non-hydrogen) atoms. The van der Waals surface area contributed by atoms with Crippen molar-refractivity contribution in [2.75, 3.05) is 25.9 Å². The minimum absolute atomic E-state index is 0.129. The zero-order valence-corrected chi connectivity index (χ0v) is 11.9. The Balaban J connectivity index is 3.93. The standard InChI is InChI=1S/C10H24N4O2S/c1-5-17(15,16)14(4)8-6-7-12-10(11)13-9(2)3/h9H,5-8H2,1-4H3,(H3,11,12,13). The van der Waals surface area contributed by atoms with Gasteiger partial charge in [0.25, 0.3) is 0 Å². The second-order valence-electron chi connectivity index (χ2n) is 4.14. The number of guanidine groups is 1. The summed E-state index contributed by atoms with van der Waals surface area (Å²) in [6, 6.07) is 0.252. The molecule has 0 saturated heterocycles. The Labute approximate surface area is 104 Å². The molecule has 0 amide bonds. The molecule has 0 saturated carbocycles. The summed E-state index contributed by atoms with van der Waals surface area (Å²) in [4.78, 5) is 4.11. The SMILES string of the molecule is CCS(=O)(=O)N(C)CCCN=C(N)NC(C)C. The summed E-state index contributed by atoms with van der Waals surface area (Å²) >= 11 is 0. The van der Waals surface area contributed by atoms with Gasteiger partial charge in [-0.2, -0.15) is 0 Å². The van der Waals surface area contributed by atoms with Crippen LogP contribution in [0.1, 0.15) is 27.2 Å². The van der Waals surface area contributed by atoms with Crippen LogP contribution in [0.15, 0.2) is 4.99 Å². The highest BCUT2D eigenvalue weighted by atomic mass is 32.2. The van der Waals surface area contributed by atoms with Crippen LogP contribution in [0.3, 0.4) is 0 Å². The van der Waals surface area contributed by atoms with Crippen LogP contribution in [0.25, 0.3) is 0 Å². The minimum Gasteiger partial charge on any atom is -0.370 e. The van der Waals surface area contributed by atoms with Crippen molar-refractivity contribution >= 4 is 16.0 Å². The first-order valence-electron chi connectivity index (χ1n) is 5.80. The lowest BCUT2D eigenvalue weighted by Crippen LogP contribution is -2.37. The summed E-state index contributed by atoms with van der Waals surface area (Å²) < 4.78 is 24.2. The number of hydrogen-bond donors (Lipinski definition) is 2. The molecule has 0 rings (SSSR count). The number of hydrogen-bond acceptors (Lipinski definition) is 3. The van der Waals surface area contributed by atoms with Gasteiger partial charge in [-0.25, -0.2) is 12.7 Å². The van der Waals surface area contributed by atoms with E-state index in [1.807, 2.05) is 13.8 Å². The lowest BCUT2D eigenvalue weighted by atomic mass is 10.4. The fourth-order valence-electron chi connectivity index (χ4n) is 1.19. The Bertz CT molecular complexity index is 338. The van der Waals surface area contributed by atoms with Crippen molar-refractivity contribution < 1.29 is 8.42 Å². The zero-order valence-electron chi connectivity index (χ0n) is 11.1. The molecule has 0 spiro atoms. The maximum Gasteiger partial charge on any atom is 0.213 e. The molecule has 0 aliphatic carbocycles. The fraction of sp³-hybridized carbons (Fsp3) is 0.900. The van der Waals surface area contributed by atoms with E-state index in [4.69, 9.17) is 5.73 Å². The van der Waals surface area contributed by atoms with Crippen LogP contribution in [0, 0.1) is 0 Å². The maximum atomic E-state index is 11.4. The molecule has 0 aliphatic heterocycles. The molecule has 0 atom stereocenters. The van der Waals surface area contributed by atoms with Gasteiger partial charge in [-0.1, -0.05) is 0 Å². The molecule has 7 heteroatoms. The van der Waals surface area contributed by atoms with Crippen molar-refractivity contribution in [1.29, 1.82) is 0 Å². The maximum absolute atomic E-state index is 11.4. The average molecular weight is 264 g/mol. The molecule has 3 N–H and O–H groups in total. The van der Waals surface area contributed by atoms with E-state index >= 15 is 0 Å². The van der Waals surface area contributed by atoms with E-state index in [0.717, 1.165) is 0 Å². The van der Waals surface area contributed by atoms with Gasteiger partial charge in [-0.05, 0) is 27.2 Å². The van der Waals surface area contributed by atoms with E-state index in [-0.39, 0.29) is 11.8 Å². The quantitative estimate of drug-likeness (QED) is 0.384. The van der Waals surface area contributed by atoms with Gasteiger partial charge in [0.1, 0.15) is 0 Å². The Morgan fingerprint density at radius 3 is 2.53 bits per heavy atom. The van der Waals surface area contributed by atoms with Crippen LogP contribution in [0.4, 0.5) is 0 Å². The lowest BCUT2D eigenvalue weighted by Gasteiger charge is -2.15. The Kier molecular flexibility index (Phi) is 7.13. The number of aliphatic imine (C=N–C) groups is 1. The third-order valence-electron chi connectivity index (χ3n) is 2.19. The van der Waals surface area contributed by atoms with Gasteiger partial charge >= 0.3 is 0 Å². The van der Waals surface area contributed by atoms with Crippen molar-refractivity contribution in [3.8, 4) is 0 Å². The van der Waals surface area contributed by atoms with Crippen molar-refractivity contribution in [2.45, 2.75) is 33.2 Å². The molecule has 102 valence electrons. The molecule has 0 aromatic heterocycles. The zero-order chi connectivity index (χ0) is 13.5. The van der Waals surface area contributed by atoms with Gasteiger partial charge in [0.15, 0.2) is 5.96 Å². The van der Waals surface area contributed by atoms with Gasteiger partial charge in [0, 0.05) is 26.2 Å². The first kappa shape index (κ1) is 16.2. The van der Waals surface area contributed by atoms with Crippen LogP contribution in [0.5, 0.6) is 0 Å². The van der Waals surface area contributed by atoms with E-state index in [1.54, 1.807) is 14.0 Å². The van der Waals surface area contributed by atoms with Gasteiger partial charge in [-0.15, -0.1) is 0 Å². The molecule has 0 unspecified atom stereocenters. The van der Waals surface area contributed by atoms with Gasteiger partial charge in [0.05, 0.1) is 5.75 Å². The summed E-state index contributed by atoms with van der Waals surface area (Å²) in [6.07, 6.45) is 0.663. The fourth-order valence-corrected chi connectivity index (χ4v) is 2.04. The third kappa shape index (κ3) is 7.17. The number of nitrogens with zero attached hydrogens (tertiary/aromatic N) is 2. The molecular weight excluding hydrogens is 240 g/mol. The van der Waals surface area contributed by atoms with Crippen molar-refractivity contribution in [3.05, 3.63) is 0 Å². The second-order valence-corrected chi connectivity index (χ2v) is 6.51. The summed E-state index contributed by atoms with van der Waals surface area (Å²) in [5.74, 6) is 0.532. The number of nitrogens with two attached hydrogens (primary N) is 1. The summed E-state index contributed by atoms with van der Waals surface area (Å²) in [5.41, 5.74) is 5.61. The molecular formula is C10H24N4O2S. The van der Waals surface area contributed by atoms with E-state index < -0.39 is 10.0 Å². The molecule has 0 heterocycles. The monoisotopic (exact) mass is 264 g/mol. The predicted molar refractivity (Wildman–Crippen MR) is 71.5 cm³/mol. The smallest absolute Gasteiger partial charge is 0.213 e. The van der Waals surface area contributed by atoms with E-state index in [9.17, 15) is 8.42 Å². The molecule has 0 radical (unpaired) electrons. The topological polar surface area (TPSA) is 87.8 Å². The van der Waals surface area contributed by atoms with E-state index in [2.05, 4.69) is 10.3 Å². The van der Waals surface area contributed by atoms with Crippen molar-refractivity contribution in [2.24, 2.45) is 10.7 Å². The molecule has 0 aromatic rings. The largest absolute Gasteiger partial charge is 0.370 e. The van der Waals surface area contributed by atoms with Crippen LogP contribution in [0.2, 0.25) is 0 Å². The first-order valence-corrected chi connectivity index (χ1v) is 7.41. The van der Waals surface area contributed by atoms with Crippen molar-refractivity contribution in [1.82, 2.24) is 9.62 Å². The molecule has 0 fully saturated rings. The lowest BCUT2D eigenvalue weighted by molar-refractivity contribution is 0.465. The molecule has 0 aliphatic rings. The highest BCUT2D eigenvalue weighted by molar-refractivity contribution is 7.89. The predicted octanol–water partition coefficient (Wildman–Crippen LogP) is -0.0293. The third-order valence-corrected chi connectivity index (χ3v) is 4.05. The van der Waals surface area contributed by atoms with Crippen LogP contribution < -0.4 is 11.1 Å². The number of nitrogens with one attached hydrogen (secondary N) is 1. The Morgan fingerprint density at radius 1 is 1.47 bits per heavy atom. The Morgan fingerprint density at radius 2 is 2.06 bits per heavy atom. The molecule has 6 nitrogen and oxygen atoms in total. The minimum atomic E-state index is -3.08.